The predicted octanol–water partition coefficient (Wildman–Crippen LogP) is 2.32. The van der Waals surface area contributed by atoms with E-state index in [2.05, 4.69) is 42.3 Å². The smallest absolute Gasteiger partial charge is 0.0788 e. The summed E-state index contributed by atoms with van der Waals surface area (Å²) in [7, 11) is 2.21. The second kappa shape index (κ2) is 6.15. The van der Waals surface area contributed by atoms with Gasteiger partial charge in [0, 0.05) is 12.6 Å². The molecule has 1 aliphatic carbocycles. The molecule has 0 amide bonds. The summed E-state index contributed by atoms with van der Waals surface area (Å²) in [6.45, 7) is 1.03. The maximum atomic E-state index is 5.23. The molecule has 94 valence electrons. The molecule has 3 nitrogen and oxygen atoms in total. The maximum Gasteiger partial charge on any atom is 0.0788 e. The van der Waals surface area contributed by atoms with Crippen LogP contribution in [0.3, 0.4) is 0 Å². The van der Waals surface area contributed by atoms with E-state index in [9.17, 15) is 0 Å². The quantitative estimate of drug-likeness (QED) is 0.813. The lowest BCUT2D eigenvalue weighted by atomic mass is 9.92. The van der Waals surface area contributed by atoms with E-state index in [-0.39, 0.29) is 6.10 Å². The molecule has 0 saturated heterocycles. The van der Waals surface area contributed by atoms with Gasteiger partial charge in [-0.25, -0.2) is 5.90 Å². The molecule has 3 heteroatoms. The van der Waals surface area contributed by atoms with Crippen LogP contribution in [0.1, 0.15) is 31.2 Å². The van der Waals surface area contributed by atoms with E-state index in [4.69, 9.17) is 10.7 Å². The van der Waals surface area contributed by atoms with E-state index in [1.807, 2.05) is 0 Å². The van der Waals surface area contributed by atoms with Gasteiger partial charge >= 0.3 is 0 Å². The molecule has 1 aromatic carbocycles. The van der Waals surface area contributed by atoms with Crippen LogP contribution in [0.4, 0.5) is 0 Å². The molecule has 0 radical (unpaired) electrons. The summed E-state index contributed by atoms with van der Waals surface area (Å²) in [4.78, 5) is 7.37. The molecule has 1 saturated carbocycles. The van der Waals surface area contributed by atoms with Crippen LogP contribution in [0.25, 0.3) is 0 Å². The number of hydrogen-bond donors (Lipinski definition) is 1. The Bertz CT molecular complexity index is 320. The zero-order valence-electron chi connectivity index (χ0n) is 10.5. The van der Waals surface area contributed by atoms with Crippen LogP contribution in [0.5, 0.6) is 0 Å². The van der Waals surface area contributed by atoms with E-state index in [1.165, 1.54) is 18.4 Å². The van der Waals surface area contributed by atoms with Gasteiger partial charge in [-0.3, -0.25) is 4.90 Å². The Morgan fingerprint density at radius 3 is 2.41 bits per heavy atom. The molecule has 2 N–H and O–H groups in total. The van der Waals surface area contributed by atoms with Crippen LogP contribution in [-0.4, -0.2) is 24.1 Å². The summed E-state index contributed by atoms with van der Waals surface area (Å²) in [6, 6.07) is 11.3. The van der Waals surface area contributed by atoms with E-state index in [0.717, 1.165) is 19.4 Å². The Hall–Kier alpha value is -0.900. The fourth-order valence-electron chi connectivity index (χ4n) is 2.62. The van der Waals surface area contributed by atoms with Gasteiger partial charge in [-0.2, -0.15) is 0 Å². The Labute approximate surface area is 104 Å². The van der Waals surface area contributed by atoms with Gasteiger partial charge in [0.25, 0.3) is 0 Å². The third-order valence-corrected chi connectivity index (χ3v) is 3.73. The Morgan fingerprint density at radius 1 is 1.18 bits per heavy atom. The van der Waals surface area contributed by atoms with Crippen molar-refractivity contribution in [2.45, 2.75) is 44.4 Å². The van der Waals surface area contributed by atoms with Crippen molar-refractivity contribution in [3.05, 3.63) is 35.9 Å². The van der Waals surface area contributed by atoms with Gasteiger partial charge in [-0.1, -0.05) is 30.3 Å². The average Bonchev–Trinajstić information content (AvgIpc) is 2.40. The van der Waals surface area contributed by atoms with Gasteiger partial charge in [0.15, 0.2) is 0 Å². The molecule has 1 fully saturated rings. The van der Waals surface area contributed by atoms with E-state index < -0.39 is 0 Å². The minimum atomic E-state index is 0.274. The van der Waals surface area contributed by atoms with Crippen molar-refractivity contribution in [3.8, 4) is 0 Å². The SMILES string of the molecule is CN(Cc1ccccc1)C1CCC(ON)CC1. The monoisotopic (exact) mass is 234 g/mol. The fraction of sp³-hybridized carbons (Fsp3) is 0.571. The second-order valence-electron chi connectivity index (χ2n) is 4.97. The largest absolute Gasteiger partial charge is 0.301 e. The zero-order chi connectivity index (χ0) is 12.1. The first-order valence-corrected chi connectivity index (χ1v) is 6.39. The van der Waals surface area contributed by atoms with Crippen molar-refractivity contribution in [2.75, 3.05) is 7.05 Å². The Morgan fingerprint density at radius 2 is 1.82 bits per heavy atom. The van der Waals surface area contributed by atoms with E-state index in [1.54, 1.807) is 0 Å². The predicted molar refractivity (Wildman–Crippen MR) is 69.2 cm³/mol. The molecule has 0 spiro atoms. The van der Waals surface area contributed by atoms with Crippen LogP contribution >= 0.6 is 0 Å². The zero-order valence-corrected chi connectivity index (χ0v) is 10.5. The van der Waals surface area contributed by atoms with Crippen molar-refractivity contribution in [1.29, 1.82) is 0 Å². The summed E-state index contributed by atoms with van der Waals surface area (Å²) in [5, 5.41) is 0. The minimum absolute atomic E-state index is 0.274. The van der Waals surface area contributed by atoms with Gasteiger partial charge in [-0.15, -0.1) is 0 Å². The second-order valence-corrected chi connectivity index (χ2v) is 4.97. The highest BCUT2D eigenvalue weighted by Gasteiger charge is 2.23. The molecule has 0 atom stereocenters. The number of nitrogens with two attached hydrogens (primary N) is 1. The molecule has 0 unspecified atom stereocenters. The highest BCUT2D eigenvalue weighted by Crippen LogP contribution is 2.24. The van der Waals surface area contributed by atoms with Crippen LogP contribution in [0.15, 0.2) is 30.3 Å². The molecule has 0 bridgehead atoms. The van der Waals surface area contributed by atoms with Crippen molar-refractivity contribution in [1.82, 2.24) is 4.90 Å². The summed E-state index contributed by atoms with van der Waals surface area (Å²) >= 11 is 0. The molecule has 2 rings (SSSR count). The van der Waals surface area contributed by atoms with Gasteiger partial charge in [0.05, 0.1) is 6.10 Å². The molecule has 0 aliphatic heterocycles. The van der Waals surface area contributed by atoms with Crippen LogP contribution < -0.4 is 5.90 Å². The highest BCUT2D eigenvalue weighted by atomic mass is 16.6. The average molecular weight is 234 g/mol. The lowest BCUT2D eigenvalue weighted by Crippen LogP contribution is -2.37. The first kappa shape index (κ1) is 12.6. The molecular weight excluding hydrogens is 212 g/mol. The third-order valence-electron chi connectivity index (χ3n) is 3.73. The summed E-state index contributed by atoms with van der Waals surface area (Å²) in [5.74, 6) is 5.23. The first-order valence-electron chi connectivity index (χ1n) is 6.39. The lowest BCUT2D eigenvalue weighted by Gasteiger charge is -2.33. The Balaban J connectivity index is 1.83. The van der Waals surface area contributed by atoms with Crippen molar-refractivity contribution < 1.29 is 4.84 Å². The minimum Gasteiger partial charge on any atom is -0.301 e. The van der Waals surface area contributed by atoms with Crippen LogP contribution in [0, 0.1) is 0 Å². The lowest BCUT2D eigenvalue weighted by molar-refractivity contribution is 0.00872. The molecule has 0 aromatic heterocycles. The maximum absolute atomic E-state index is 5.23. The Kier molecular flexibility index (Phi) is 4.54. The van der Waals surface area contributed by atoms with Crippen molar-refractivity contribution >= 4 is 0 Å². The van der Waals surface area contributed by atoms with Crippen molar-refractivity contribution in [3.63, 3.8) is 0 Å². The number of benzene rings is 1. The highest BCUT2D eigenvalue weighted by molar-refractivity contribution is 5.14. The van der Waals surface area contributed by atoms with Gasteiger partial charge < -0.3 is 4.84 Å². The standard InChI is InChI=1S/C14H22N2O/c1-16(11-12-5-3-2-4-6-12)13-7-9-14(17-15)10-8-13/h2-6,13-14H,7-11,15H2,1H3. The third kappa shape index (κ3) is 3.53. The van der Waals surface area contributed by atoms with Gasteiger partial charge in [0.1, 0.15) is 0 Å². The first-order chi connectivity index (χ1) is 8.29. The molecule has 1 aliphatic rings. The van der Waals surface area contributed by atoms with E-state index >= 15 is 0 Å². The van der Waals surface area contributed by atoms with Gasteiger partial charge in [0.2, 0.25) is 0 Å². The van der Waals surface area contributed by atoms with Crippen LogP contribution in [-0.2, 0) is 11.4 Å². The molecular formula is C14H22N2O. The number of nitrogens with zero attached hydrogens (tertiary/aromatic N) is 1. The molecule has 1 aromatic rings. The summed E-state index contributed by atoms with van der Waals surface area (Å²) in [5.41, 5.74) is 1.38. The number of rotatable bonds is 4. The summed E-state index contributed by atoms with van der Waals surface area (Å²) in [6.07, 6.45) is 4.81. The fourth-order valence-corrected chi connectivity index (χ4v) is 2.62. The molecule has 17 heavy (non-hydrogen) atoms. The summed E-state index contributed by atoms with van der Waals surface area (Å²) < 4.78 is 0. The topological polar surface area (TPSA) is 38.5 Å². The van der Waals surface area contributed by atoms with Crippen molar-refractivity contribution in [2.24, 2.45) is 5.90 Å². The number of hydrogen-bond acceptors (Lipinski definition) is 3. The molecule has 0 heterocycles. The normalized spacial score (nSPS) is 25.1. The van der Waals surface area contributed by atoms with Gasteiger partial charge in [-0.05, 0) is 38.3 Å². The van der Waals surface area contributed by atoms with E-state index in [0.29, 0.717) is 6.04 Å². The van der Waals surface area contributed by atoms with Crippen LogP contribution in [0.2, 0.25) is 0 Å².